The number of aromatic nitrogens is 2. The van der Waals surface area contributed by atoms with Gasteiger partial charge in [-0.3, -0.25) is 9.59 Å². The van der Waals surface area contributed by atoms with Gasteiger partial charge in [0.15, 0.2) is 0 Å². The van der Waals surface area contributed by atoms with Crippen molar-refractivity contribution in [1.82, 2.24) is 15.4 Å². The zero-order valence-electron chi connectivity index (χ0n) is 14.5. The van der Waals surface area contributed by atoms with E-state index in [0.717, 1.165) is 12.3 Å². The normalized spacial score (nSPS) is 11.8. The molecule has 0 aliphatic rings. The third kappa shape index (κ3) is 4.61. The summed E-state index contributed by atoms with van der Waals surface area (Å²) in [6.07, 6.45) is -3.61. The lowest BCUT2D eigenvalue weighted by atomic mass is 10.1. The first-order valence-electron chi connectivity index (χ1n) is 8.30. The molecule has 9 heteroatoms. The van der Waals surface area contributed by atoms with Gasteiger partial charge in [-0.2, -0.15) is 18.3 Å². The summed E-state index contributed by atoms with van der Waals surface area (Å²) in [4.78, 5) is 30.8. The smallest absolute Gasteiger partial charge is 0.319 e. The average Bonchev–Trinajstić information content (AvgIpc) is 2.66. The van der Waals surface area contributed by atoms with Gasteiger partial charge < -0.3 is 4.98 Å². The van der Waals surface area contributed by atoms with Gasteiger partial charge >= 0.3 is 6.18 Å². The topological polar surface area (TPSA) is 87.2 Å². The van der Waals surface area contributed by atoms with E-state index in [1.807, 2.05) is 0 Å². The largest absolute Gasteiger partial charge is 0.417 e. The Hall–Kier alpha value is -3.49. The molecule has 3 rings (SSSR count). The lowest BCUT2D eigenvalue weighted by Crippen LogP contribution is -2.21. The second-order valence-electron chi connectivity index (χ2n) is 5.91. The van der Waals surface area contributed by atoms with Gasteiger partial charge in [-0.05, 0) is 18.2 Å². The predicted molar refractivity (Wildman–Crippen MR) is 97.9 cm³/mol. The van der Waals surface area contributed by atoms with E-state index < -0.39 is 23.2 Å². The molecule has 0 aliphatic carbocycles. The standard InChI is InChI=1S/C19H15F3N4O2/c20-19(21,22)13-6-2-1-5-12(13)11-23-26-17(27)10-9-16-18(28)25-15-8-4-3-7-14(15)24-16/h1-8,11H,9-10H2,(H,25,28)(H,26,27)/b23-11-. The molecule has 0 atom stereocenters. The Morgan fingerprint density at radius 2 is 1.86 bits per heavy atom. The highest BCUT2D eigenvalue weighted by Crippen LogP contribution is 2.31. The van der Waals surface area contributed by atoms with Crippen molar-refractivity contribution in [1.29, 1.82) is 0 Å². The summed E-state index contributed by atoms with van der Waals surface area (Å²) >= 11 is 0. The number of carbonyl (C=O) groups excluding carboxylic acids is 1. The quantitative estimate of drug-likeness (QED) is 0.520. The van der Waals surface area contributed by atoms with Crippen LogP contribution in [0, 0.1) is 0 Å². The van der Waals surface area contributed by atoms with Gasteiger partial charge in [-0.15, -0.1) is 0 Å². The molecular weight excluding hydrogens is 373 g/mol. The van der Waals surface area contributed by atoms with E-state index in [1.54, 1.807) is 24.3 Å². The monoisotopic (exact) mass is 388 g/mol. The van der Waals surface area contributed by atoms with E-state index in [9.17, 15) is 22.8 Å². The number of para-hydroxylation sites is 2. The maximum atomic E-state index is 12.9. The number of aromatic amines is 1. The SMILES string of the molecule is O=C(CCc1nc2ccccc2[nH]c1=O)N/N=C\c1ccccc1C(F)(F)F. The summed E-state index contributed by atoms with van der Waals surface area (Å²) in [5.74, 6) is -0.546. The van der Waals surface area contributed by atoms with Crippen LogP contribution in [0.5, 0.6) is 0 Å². The number of H-pyrrole nitrogens is 1. The third-order valence-corrected chi connectivity index (χ3v) is 3.92. The zero-order chi connectivity index (χ0) is 20.1. The zero-order valence-corrected chi connectivity index (χ0v) is 14.5. The van der Waals surface area contributed by atoms with Crippen LogP contribution in [0.15, 0.2) is 58.4 Å². The summed E-state index contributed by atoms with van der Waals surface area (Å²) in [7, 11) is 0. The molecule has 0 saturated heterocycles. The van der Waals surface area contributed by atoms with E-state index in [1.165, 1.54) is 18.2 Å². The lowest BCUT2D eigenvalue weighted by Gasteiger charge is -2.09. The molecule has 0 unspecified atom stereocenters. The molecular formula is C19H15F3N4O2. The van der Waals surface area contributed by atoms with Crippen LogP contribution < -0.4 is 11.0 Å². The van der Waals surface area contributed by atoms with Crippen LogP contribution in [-0.2, 0) is 17.4 Å². The number of benzene rings is 2. The van der Waals surface area contributed by atoms with E-state index in [0.29, 0.717) is 11.0 Å². The van der Waals surface area contributed by atoms with Gasteiger partial charge in [-0.1, -0.05) is 30.3 Å². The Kier molecular flexibility index (Phi) is 5.53. The molecule has 2 aromatic carbocycles. The number of aryl methyl sites for hydroxylation is 1. The van der Waals surface area contributed by atoms with Crippen LogP contribution in [0.1, 0.15) is 23.2 Å². The van der Waals surface area contributed by atoms with Crippen LogP contribution in [0.3, 0.4) is 0 Å². The van der Waals surface area contributed by atoms with E-state index >= 15 is 0 Å². The molecule has 1 aromatic heterocycles. The van der Waals surface area contributed by atoms with E-state index in [2.05, 4.69) is 20.5 Å². The molecule has 0 saturated carbocycles. The molecule has 1 amide bonds. The van der Waals surface area contributed by atoms with E-state index in [-0.39, 0.29) is 24.1 Å². The number of halogens is 3. The second-order valence-corrected chi connectivity index (χ2v) is 5.91. The van der Waals surface area contributed by atoms with Crippen LogP contribution in [-0.4, -0.2) is 22.1 Å². The Bertz CT molecular complexity index is 1090. The molecule has 0 bridgehead atoms. The molecule has 28 heavy (non-hydrogen) atoms. The van der Waals surface area contributed by atoms with Gasteiger partial charge in [0.25, 0.3) is 5.56 Å². The summed E-state index contributed by atoms with van der Waals surface area (Å²) in [5, 5.41) is 3.57. The van der Waals surface area contributed by atoms with Gasteiger partial charge in [0.2, 0.25) is 5.91 Å². The molecule has 0 spiro atoms. The van der Waals surface area contributed by atoms with Crippen molar-refractivity contribution in [2.75, 3.05) is 0 Å². The van der Waals surface area contributed by atoms with Crippen LogP contribution >= 0.6 is 0 Å². The number of hydrazone groups is 1. The number of nitrogens with zero attached hydrogens (tertiary/aromatic N) is 2. The molecule has 0 radical (unpaired) electrons. The Labute approximate surface area is 157 Å². The van der Waals surface area contributed by atoms with Crippen molar-refractivity contribution in [2.45, 2.75) is 19.0 Å². The second kappa shape index (κ2) is 8.03. The Morgan fingerprint density at radius 1 is 1.14 bits per heavy atom. The highest BCUT2D eigenvalue weighted by Gasteiger charge is 2.32. The molecule has 1 heterocycles. The van der Waals surface area contributed by atoms with E-state index in [4.69, 9.17) is 0 Å². The summed E-state index contributed by atoms with van der Waals surface area (Å²) in [6.45, 7) is 0. The first-order chi connectivity index (χ1) is 13.3. The fourth-order valence-electron chi connectivity index (χ4n) is 2.57. The number of carbonyl (C=O) groups is 1. The maximum absolute atomic E-state index is 12.9. The minimum atomic E-state index is -4.52. The third-order valence-electron chi connectivity index (χ3n) is 3.92. The van der Waals surface area contributed by atoms with Crippen LogP contribution in [0.4, 0.5) is 13.2 Å². The number of rotatable bonds is 5. The Balaban J connectivity index is 1.62. The van der Waals surface area contributed by atoms with Gasteiger partial charge in [0.05, 0.1) is 22.8 Å². The highest BCUT2D eigenvalue weighted by molar-refractivity contribution is 5.84. The number of alkyl halides is 3. The molecule has 144 valence electrons. The fraction of sp³-hybridized carbons (Fsp3) is 0.158. The summed E-state index contributed by atoms with van der Waals surface area (Å²) in [6, 6.07) is 11.9. The minimum absolute atomic E-state index is 0.0701. The number of amides is 1. The fourth-order valence-corrected chi connectivity index (χ4v) is 2.57. The van der Waals surface area contributed by atoms with Crippen LogP contribution in [0.2, 0.25) is 0 Å². The van der Waals surface area contributed by atoms with Crippen molar-refractivity contribution < 1.29 is 18.0 Å². The molecule has 2 N–H and O–H groups in total. The number of hydrogen-bond acceptors (Lipinski definition) is 4. The molecule has 3 aromatic rings. The number of hydrogen-bond donors (Lipinski definition) is 2. The van der Waals surface area contributed by atoms with Crippen molar-refractivity contribution in [3.05, 3.63) is 75.7 Å². The summed E-state index contributed by atoms with van der Waals surface area (Å²) < 4.78 is 38.7. The van der Waals surface area contributed by atoms with Crippen molar-refractivity contribution >= 4 is 23.2 Å². The maximum Gasteiger partial charge on any atom is 0.417 e. The minimum Gasteiger partial charge on any atom is -0.319 e. The van der Waals surface area contributed by atoms with Crippen molar-refractivity contribution in [3.8, 4) is 0 Å². The van der Waals surface area contributed by atoms with Crippen molar-refractivity contribution in [2.24, 2.45) is 5.10 Å². The first kappa shape index (κ1) is 19.3. The number of fused-ring (bicyclic) bond motifs is 1. The Morgan fingerprint density at radius 3 is 2.64 bits per heavy atom. The molecule has 0 fully saturated rings. The molecule has 6 nitrogen and oxygen atoms in total. The van der Waals surface area contributed by atoms with Gasteiger partial charge in [-0.25, -0.2) is 10.4 Å². The van der Waals surface area contributed by atoms with Gasteiger partial charge in [0, 0.05) is 18.4 Å². The predicted octanol–water partition coefficient (Wildman–Crippen LogP) is 3.02. The average molecular weight is 388 g/mol. The van der Waals surface area contributed by atoms with Gasteiger partial charge in [0.1, 0.15) is 5.69 Å². The van der Waals surface area contributed by atoms with Crippen LogP contribution in [0.25, 0.3) is 11.0 Å². The summed E-state index contributed by atoms with van der Waals surface area (Å²) in [5.41, 5.74) is 2.14. The first-order valence-corrected chi connectivity index (χ1v) is 8.30. The highest BCUT2D eigenvalue weighted by atomic mass is 19.4. The van der Waals surface area contributed by atoms with Crippen molar-refractivity contribution in [3.63, 3.8) is 0 Å². The lowest BCUT2D eigenvalue weighted by molar-refractivity contribution is -0.137. The molecule has 0 aliphatic heterocycles. The number of nitrogens with one attached hydrogen (secondary N) is 2.